The SMILES string of the molecule is O=C(O)C(N(c1ccc(Br)cc1)c1ccc(C(=O)Nc2ccc(N3CCNCC3)cc2)cc1)=S(=O)=O. The first kappa shape index (κ1) is 25.4. The van der Waals surface area contributed by atoms with Crippen LogP contribution in [-0.2, 0) is 15.1 Å². The van der Waals surface area contributed by atoms with Crippen molar-refractivity contribution in [2.45, 2.75) is 0 Å². The van der Waals surface area contributed by atoms with Gasteiger partial charge in [-0.05, 0) is 72.8 Å². The second-order valence-electron chi connectivity index (χ2n) is 7.94. The fraction of sp³-hybridized carbons (Fsp3) is 0.160. The molecule has 4 rings (SSSR count). The summed E-state index contributed by atoms with van der Waals surface area (Å²) in [5.74, 6) is -1.95. The van der Waals surface area contributed by atoms with Crippen molar-refractivity contribution in [3.63, 3.8) is 0 Å². The predicted molar refractivity (Wildman–Crippen MR) is 144 cm³/mol. The third-order valence-electron chi connectivity index (χ3n) is 5.62. The Balaban J connectivity index is 1.54. The van der Waals surface area contributed by atoms with Gasteiger partial charge in [-0.3, -0.25) is 9.69 Å². The Hall–Kier alpha value is -3.67. The van der Waals surface area contributed by atoms with E-state index in [1.807, 2.05) is 24.3 Å². The number of amides is 1. The van der Waals surface area contributed by atoms with E-state index < -0.39 is 21.3 Å². The number of carbonyl (C=O) groups excluding carboxylic acids is 1. The molecule has 186 valence electrons. The van der Waals surface area contributed by atoms with Crippen LogP contribution in [-0.4, -0.2) is 56.6 Å². The number of nitrogens with one attached hydrogen (secondary N) is 2. The number of anilines is 4. The van der Waals surface area contributed by atoms with E-state index in [1.165, 1.54) is 24.3 Å². The number of hydrogen-bond donors (Lipinski definition) is 3. The number of carbonyl (C=O) groups is 2. The number of hydrogen-bond acceptors (Lipinski definition) is 6. The molecule has 0 bridgehead atoms. The van der Waals surface area contributed by atoms with E-state index in [9.17, 15) is 23.1 Å². The Morgan fingerprint density at radius 3 is 1.97 bits per heavy atom. The molecule has 9 nitrogen and oxygen atoms in total. The number of carboxylic acids is 1. The third-order valence-corrected chi connectivity index (χ3v) is 6.83. The van der Waals surface area contributed by atoms with E-state index in [4.69, 9.17) is 0 Å². The molecule has 3 aromatic carbocycles. The fourth-order valence-electron chi connectivity index (χ4n) is 3.86. The summed E-state index contributed by atoms with van der Waals surface area (Å²) in [6.07, 6.45) is 0. The first-order valence-electron chi connectivity index (χ1n) is 11.1. The van der Waals surface area contributed by atoms with Gasteiger partial charge in [0.15, 0.2) is 0 Å². The molecule has 0 aliphatic carbocycles. The number of piperazine rings is 1. The Morgan fingerprint density at radius 2 is 1.44 bits per heavy atom. The molecular formula is C25H23BrN4O5S. The van der Waals surface area contributed by atoms with Crippen LogP contribution in [0.5, 0.6) is 0 Å². The second kappa shape index (κ2) is 11.4. The highest BCUT2D eigenvalue weighted by molar-refractivity contribution is 9.10. The number of aliphatic carboxylic acids is 1. The van der Waals surface area contributed by atoms with Crippen molar-refractivity contribution in [2.75, 3.05) is 41.3 Å². The van der Waals surface area contributed by atoms with Crippen LogP contribution in [0, 0.1) is 0 Å². The van der Waals surface area contributed by atoms with Crippen molar-refractivity contribution in [1.29, 1.82) is 0 Å². The quantitative estimate of drug-likeness (QED) is 0.399. The second-order valence-corrected chi connectivity index (χ2v) is 9.71. The van der Waals surface area contributed by atoms with Crippen molar-refractivity contribution >= 4 is 65.8 Å². The number of carboxylic acid groups (broad SMARTS) is 1. The molecule has 0 unspecified atom stereocenters. The van der Waals surface area contributed by atoms with Gasteiger partial charge in [0.05, 0.1) is 0 Å². The third kappa shape index (κ3) is 5.93. The summed E-state index contributed by atoms with van der Waals surface area (Å²) in [6.45, 7) is 3.72. The molecule has 36 heavy (non-hydrogen) atoms. The molecule has 0 atom stereocenters. The number of halogens is 1. The van der Waals surface area contributed by atoms with Gasteiger partial charge in [-0.1, -0.05) is 15.9 Å². The molecule has 1 amide bonds. The Labute approximate surface area is 218 Å². The molecule has 1 heterocycles. The van der Waals surface area contributed by atoms with Crippen LogP contribution in [0.2, 0.25) is 0 Å². The Kier molecular flexibility index (Phi) is 8.04. The van der Waals surface area contributed by atoms with E-state index in [0.29, 0.717) is 16.9 Å². The topological polar surface area (TPSA) is 119 Å². The Morgan fingerprint density at radius 1 is 0.889 bits per heavy atom. The van der Waals surface area contributed by atoms with Gasteiger partial charge < -0.3 is 20.6 Å². The van der Waals surface area contributed by atoms with Crippen LogP contribution >= 0.6 is 15.9 Å². The van der Waals surface area contributed by atoms with Crippen molar-refractivity contribution in [1.82, 2.24) is 5.32 Å². The van der Waals surface area contributed by atoms with Gasteiger partial charge in [0, 0.05) is 59.0 Å². The average molecular weight is 571 g/mol. The predicted octanol–water partition coefficient (Wildman–Crippen LogP) is 3.34. The van der Waals surface area contributed by atoms with Crippen molar-refractivity contribution in [3.8, 4) is 0 Å². The van der Waals surface area contributed by atoms with Gasteiger partial charge in [-0.25, -0.2) is 4.79 Å². The Bertz CT molecular complexity index is 1380. The van der Waals surface area contributed by atoms with Gasteiger partial charge in [0.2, 0.25) is 10.3 Å². The molecule has 0 aromatic heterocycles. The number of rotatable bonds is 5. The molecule has 0 radical (unpaired) electrons. The molecular weight excluding hydrogens is 548 g/mol. The van der Waals surface area contributed by atoms with Gasteiger partial charge >= 0.3 is 5.97 Å². The maximum absolute atomic E-state index is 12.8. The zero-order valence-electron chi connectivity index (χ0n) is 19.0. The first-order valence-corrected chi connectivity index (χ1v) is 12.9. The summed E-state index contributed by atoms with van der Waals surface area (Å²) in [6, 6.07) is 20.2. The van der Waals surface area contributed by atoms with Crippen LogP contribution in [0.4, 0.5) is 22.7 Å². The minimum absolute atomic E-state index is 0.274. The van der Waals surface area contributed by atoms with Crippen molar-refractivity contribution in [3.05, 3.63) is 82.8 Å². The lowest BCUT2D eigenvalue weighted by molar-refractivity contribution is -0.129. The maximum Gasteiger partial charge on any atom is 0.369 e. The lowest BCUT2D eigenvalue weighted by Gasteiger charge is -2.29. The average Bonchev–Trinajstić information content (AvgIpc) is 2.88. The minimum Gasteiger partial charge on any atom is -0.476 e. The summed E-state index contributed by atoms with van der Waals surface area (Å²) >= 11 is 3.31. The van der Waals surface area contributed by atoms with Gasteiger partial charge in [0.1, 0.15) is 0 Å². The van der Waals surface area contributed by atoms with E-state index in [0.717, 1.165) is 41.2 Å². The molecule has 3 aromatic rings. The summed E-state index contributed by atoms with van der Waals surface area (Å²) in [4.78, 5) is 27.1. The smallest absolute Gasteiger partial charge is 0.369 e. The highest BCUT2D eigenvalue weighted by Crippen LogP contribution is 2.28. The number of nitrogens with zero attached hydrogens (tertiary/aromatic N) is 2. The normalized spacial score (nSPS) is 13.1. The minimum atomic E-state index is -3.02. The molecule has 0 saturated carbocycles. The lowest BCUT2D eigenvalue weighted by atomic mass is 10.1. The van der Waals surface area contributed by atoms with E-state index in [-0.39, 0.29) is 11.6 Å². The van der Waals surface area contributed by atoms with Crippen molar-refractivity contribution < 1.29 is 23.1 Å². The van der Waals surface area contributed by atoms with Crippen LogP contribution in [0.3, 0.4) is 0 Å². The zero-order valence-corrected chi connectivity index (χ0v) is 21.4. The maximum atomic E-state index is 12.8. The molecule has 11 heteroatoms. The van der Waals surface area contributed by atoms with Gasteiger partial charge in [-0.15, -0.1) is 0 Å². The molecule has 1 aliphatic rings. The highest BCUT2D eigenvalue weighted by Gasteiger charge is 2.24. The standard InChI is InChI=1S/C25H23BrN4O5S/c26-18-3-9-22(10-4-18)30(24(25(32)33)36(34)35)21-7-1-17(2-8-21)23(31)28-19-5-11-20(12-6-19)29-15-13-27-14-16-29/h1-12,27H,13-16H2,(H,28,31)(H,32,33). The monoisotopic (exact) mass is 570 g/mol. The summed E-state index contributed by atoms with van der Waals surface area (Å²) in [5, 5.41) is 15.7. The first-order chi connectivity index (χ1) is 17.3. The van der Waals surface area contributed by atoms with E-state index >= 15 is 0 Å². The van der Waals surface area contributed by atoms with E-state index in [2.05, 4.69) is 31.5 Å². The van der Waals surface area contributed by atoms with Gasteiger partial charge in [-0.2, -0.15) is 8.42 Å². The van der Waals surface area contributed by atoms with Crippen LogP contribution < -0.4 is 20.4 Å². The molecule has 1 aliphatic heterocycles. The molecule has 0 spiro atoms. The van der Waals surface area contributed by atoms with Crippen LogP contribution in [0.15, 0.2) is 77.3 Å². The van der Waals surface area contributed by atoms with Crippen molar-refractivity contribution in [2.24, 2.45) is 0 Å². The summed E-state index contributed by atoms with van der Waals surface area (Å²) in [7, 11) is -3.02. The largest absolute Gasteiger partial charge is 0.476 e. The summed E-state index contributed by atoms with van der Waals surface area (Å²) < 4.78 is 24.3. The lowest BCUT2D eigenvalue weighted by Crippen LogP contribution is -2.43. The molecule has 1 fully saturated rings. The number of benzene rings is 3. The fourth-order valence-corrected chi connectivity index (χ4v) is 4.63. The van der Waals surface area contributed by atoms with Crippen LogP contribution in [0.1, 0.15) is 10.4 Å². The molecule has 3 N–H and O–H groups in total. The van der Waals surface area contributed by atoms with Crippen LogP contribution in [0.25, 0.3) is 0 Å². The summed E-state index contributed by atoms with van der Waals surface area (Å²) in [5.41, 5.74) is 2.68. The van der Waals surface area contributed by atoms with Gasteiger partial charge in [0.25, 0.3) is 10.9 Å². The van der Waals surface area contributed by atoms with E-state index in [1.54, 1.807) is 24.3 Å². The molecule has 1 saturated heterocycles. The highest BCUT2D eigenvalue weighted by atomic mass is 79.9. The zero-order chi connectivity index (χ0) is 25.7.